The molecule has 0 amide bonds. The molecule has 1 atom stereocenters. The lowest BCUT2D eigenvalue weighted by Gasteiger charge is -2.16. The van der Waals surface area contributed by atoms with Gasteiger partial charge < -0.3 is 5.32 Å². The van der Waals surface area contributed by atoms with E-state index in [0.717, 1.165) is 13.1 Å². The van der Waals surface area contributed by atoms with E-state index in [9.17, 15) is 0 Å². The normalized spacial score (nSPS) is 21.4. The van der Waals surface area contributed by atoms with Crippen LogP contribution in [0.1, 0.15) is 25.3 Å². The van der Waals surface area contributed by atoms with E-state index in [4.69, 9.17) is 0 Å². The second kappa shape index (κ2) is 6.02. The molecule has 88 valence electrons. The van der Waals surface area contributed by atoms with Gasteiger partial charge in [0.25, 0.3) is 0 Å². The fourth-order valence-corrected chi connectivity index (χ4v) is 2.33. The number of rotatable bonds is 5. The maximum Gasteiger partial charge on any atom is 0.0234 e. The molecule has 0 aliphatic carbocycles. The quantitative estimate of drug-likeness (QED) is 0.815. The van der Waals surface area contributed by atoms with Crippen LogP contribution in [0, 0.1) is 0 Å². The summed E-state index contributed by atoms with van der Waals surface area (Å²) in [5, 5.41) is 3.61. The van der Waals surface area contributed by atoms with Gasteiger partial charge in [0.1, 0.15) is 0 Å². The SMILES string of the molecule is CCCNC1CCN(Cc2ccccc2)C1. The van der Waals surface area contributed by atoms with Gasteiger partial charge in [-0.3, -0.25) is 4.90 Å². The first-order valence-corrected chi connectivity index (χ1v) is 6.38. The van der Waals surface area contributed by atoms with Crippen molar-refractivity contribution in [2.75, 3.05) is 19.6 Å². The van der Waals surface area contributed by atoms with Gasteiger partial charge in [-0.25, -0.2) is 0 Å². The number of benzene rings is 1. The molecule has 2 heteroatoms. The highest BCUT2D eigenvalue weighted by molar-refractivity contribution is 5.14. The zero-order valence-corrected chi connectivity index (χ0v) is 10.2. The number of likely N-dealkylation sites (tertiary alicyclic amines) is 1. The van der Waals surface area contributed by atoms with Crippen LogP contribution in [-0.2, 0) is 6.54 Å². The average molecular weight is 218 g/mol. The summed E-state index contributed by atoms with van der Waals surface area (Å²) in [4.78, 5) is 2.54. The molecule has 1 fully saturated rings. The molecule has 2 nitrogen and oxygen atoms in total. The van der Waals surface area contributed by atoms with Gasteiger partial charge in [-0.05, 0) is 24.9 Å². The van der Waals surface area contributed by atoms with Crippen molar-refractivity contribution >= 4 is 0 Å². The molecule has 1 aromatic rings. The molecule has 2 rings (SSSR count). The summed E-state index contributed by atoms with van der Waals surface area (Å²) >= 11 is 0. The van der Waals surface area contributed by atoms with Gasteiger partial charge in [0, 0.05) is 25.7 Å². The Bertz CT molecular complexity index is 297. The Balaban J connectivity index is 1.76. The monoisotopic (exact) mass is 218 g/mol. The maximum atomic E-state index is 3.61. The van der Waals surface area contributed by atoms with Crippen molar-refractivity contribution in [2.24, 2.45) is 0 Å². The van der Waals surface area contributed by atoms with Gasteiger partial charge >= 0.3 is 0 Å². The summed E-state index contributed by atoms with van der Waals surface area (Å²) in [6.45, 7) is 6.92. The molecule has 1 aliphatic heterocycles. The summed E-state index contributed by atoms with van der Waals surface area (Å²) in [5.74, 6) is 0. The molecular formula is C14H22N2. The third-order valence-electron chi connectivity index (χ3n) is 3.20. The lowest BCUT2D eigenvalue weighted by molar-refractivity contribution is 0.320. The molecule has 0 bridgehead atoms. The van der Waals surface area contributed by atoms with E-state index < -0.39 is 0 Å². The molecule has 0 aromatic heterocycles. The van der Waals surface area contributed by atoms with Gasteiger partial charge in [0.2, 0.25) is 0 Å². The molecule has 16 heavy (non-hydrogen) atoms. The molecule has 0 radical (unpaired) electrons. The molecule has 1 N–H and O–H groups in total. The Hall–Kier alpha value is -0.860. The molecule has 1 saturated heterocycles. The van der Waals surface area contributed by atoms with E-state index in [-0.39, 0.29) is 0 Å². The summed E-state index contributed by atoms with van der Waals surface area (Å²) in [7, 11) is 0. The predicted molar refractivity (Wildman–Crippen MR) is 68.4 cm³/mol. The molecular weight excluding hydrogens is 196 g/mol. The van der Waals surface area contributed by atoms with E-state index in [1.54, 1.807) is 0 Å². The smallest absolute Gasteiger partial charge is 0.0234 e. The van der Waals surface area contributed by atoms with Crippen LogP contribution in [0.5, 0.6) is 0 Å². The minimum atomic E-state index is 0.712. The number of hydrogen-bond donors (Lipinski definition) is 1. The van der Waals surface area contributed by atoms with Crippen LogP contribution in [0.2, 0.25) is 0 Å². The average Bonchev–Trinajstić information content (AvgIpc) is 2.75. The van der Waals surface area contributed by atoms with Crippen LogP contribution in [-0.4, -0.2) is 30.6 Å². The molecule has 1 aliphatic rings. The van der Waals surface area contributed by atoms with Gasteiger partial charge in [0.05, 0.1) is 0 Å². The second-order valence-corrected chi connectivity index (χ2v) is 4.66. The van der Waals surface area contributed by atoms with E-state index in [2.05, 4.69) is 47.5 Å². The van der Waals surface area contributed by atoms with Crippen LogP contribution in [0.3, 0.4) is 0 Å². The summed E-state index contributed by atoms with van der Waals surface area (Å²) in [6, 6.07) is 11.5. The predicted octanol–water partition coefficient (Wildman–Crippen LogP) is 2.26. The Labute approximate surface area is 98.7 Å². The van der Waals surface area contributed by atoms with Gasteiger partial charge in [-0.1, -0.05) is 37.3 Å². The molecule has 1 heterocycles. The third-order valence-corrected chi connectivity index (χ3v) is 3.20. The first-order chi connectivity index (χ1) is 7.88. The lowest BCUT2D eigenvalue weighted by Crippen LogP contribution is -2.32. The third kappa shape index (κ3) is 3.32. The fraction of sp³-hybridized carbons (Fsp3) is 0.571. The molecule has 1 unspecified atom stereocenters. The molecule has 0 saturated carbocycles. The number of nitrogens with zero attached hydrogens (tertiary/aromatic N) is 1. The summed E-state index contributed by atoms with van der Waals surface area (Å²) < 4.78 is 0. The van der Waals surface area contributed by atoms with Crippen molar-refractivity contribution in [3.05, 3.63) is 35.9 Å². The van der Waals surface area contributed by atoms with Gasteiger partial charge in [0.15, 0.2) is 0 Å². The second-order valence-electron chi connectivity index (χ2n) is 4.66. The van der Waals surface area contributed by atoms with Crippen molar-refractivity contribution in [1.82, 2.24) is 10.2 Å². The van der Waals surface area contributed by atoms with Gasteiger partial charge in [-0.15, -0.1) is 0 Å². The van der Waals surface area contributed by atoms with Crippen LogP contribution in [0.4, 0.5) is 0 Å². The van der Waals surface area contributed by atoms with Crippen molar-refractivity contribution in [3.63, 3.8) is 0 Å². The molecule has 1 aromatic carbocycles. The maximum absolute atomic E-state index is 3.61. The Morgan fingerprint density at radius 1 is 1.31 bits per heavy atom. The van der Waals surface area contributed by atoms with Crippen molar-refractivity contribution in [3.8, 4) is 0 Å². The van der Waals surface area contributed by atoms with E-state index in [1.807, 2.05) is 0 Å². The minimum absolute atomic E-state index is 0.712. The van der Waals surface area contributed by atoms with Crippen molar-refractivity contribution < 1.29 is 0 Å². The fourth-order valence-electron chi connectivity index (χ4n) is 2.33. The summed E-state index contributed by atoms with van der Waals surface area (Å²) in [5.41, 5.74) is 1.43. The standard InChI is InChI=1S/C14H22N2/c1-2-9-15-14-8-10-16(12-14)11-13-6-4-3-5-7-13/h3-7,14-15H,2,8-12H2,1H3. The largest absolute Gasteiger partial charge is 0.313 e. The highest BCUT2D eigenvalue weighted by Crippen LogP contribution is 2.13. The van der Waals surface area contributed by atoms with Crippen LogP contribution in [0.15, 0.2) is 30.3 Å². The van der Waals surface area contributed by atoms with Crippen LogP contribution in [0.25, 0.3) is 0 Å². The first-order valence-electron chi connectivity index (χ1n) is 6.38. The van der Waals surface area contributed by atoms with Gasteiger partial charge in [-0.2, -0.15) is 0 Å². The zero-order chi connectivity index (χ0) is 11.2. The Morgan fingerprint density at radius 2 is 2.12 bits per heavy atom. The van der Waals surface area contributed by atoms with E-state index in [1.165, 1.54) is 31.5 Å². The first kappa shape index (κ1) is 11.6. The van der Waals surface area contributed by atoms with Crippen molar-refractivity contribution in [1.29, 1.82) is 0 Å². The van der Waals surface area contributed by atoms with E-state index in [0.29, 0.717) is 6.04 Å². The zero-order valence-electron chi connectivity index (χ0n) is 10.2. The van der Waals surface area contributed by atoms with Crippen LogP contribution < -0.4 is 5.32 Å². The summed E-state index contributed by atoms with van der Waals surface area (Å²) in [6.07, 6.45) is 2.53. The molecule has 0 spiro atoms. The topological polar surface area (TPSA) is 15.3 Å². The lowest BCUT2D eigenvalue weighted by atomic mass is 10.2. The highest BCUT2D eigenvalue weighted by Gasteiger charge is 2.21. The van der Waals surface area contributed by atoms with Crippen molar-refractivity contribution in [2.45, 2.75) is 32.4 Å². The van der Waals surface area contributed by atoms with Crippen LogP contribution >= 0.6 is 0 Å². The van der Waals surface area contributed by atoms with E-state index >= 15 is 0 Å². The number of hydrogen-bond acceptors (Lipinski definition) is 2. The Morgan fingerprint density at radius 3 is 2.88 bits per heavy atom. The Kier molecular flexibility index (Phi) is 4.37. The number of nitrogens with one attached hydrogen (secondary N) is 1. The highest BCUT2D eigenvalue weighted by atomic mass is 15.2. The minimum Gasteiger partial charge on any atom is -0.313 e.